The summed E-state index contributed by atoms with van der Waals surface area (Å²) in [7, 11) is -0.604. The summed E-state index contributed by atoms with van der Waals surface area (Å²) in [6, 6.07) is 11.5. The van der Waals surface area contributed by atoms with E-state index in [-0.39, 0.29) is 17.2 Å². The van der Waals surface area contributed by atoms with E-state index in [2.05, 4.69) is 15.6 Å². The second kappa shape index (κ2) is 7.63. The fourth-order valence-corrected chi connectivity index (χ4v) is 3.50. The molecule has 0 fully saturated rings. The van der Waals surface area contributed by atoms with Gasteiger partial charge in [-0.05, 0) is 42.5 Å². The number of halogens is 1. The minimum atomic E-state index is -3.54. The molecule has 10 heteroatoms. The van der Waals surface area contributed by atoms with Crippen LogP contribution in [-0.4, -0.2) is 47.7 Å². The molecule has 1 N–H and O–H groups in total. The van der Waals surface area contributed by atoms with Crippen LogP contribution in [0.5, 0.6) is 0 Å². The minimum Gasteiger partial charge on any atom is -0.326 e. The van der Waals surface area contributed by atoms with Crippen molar-refractivity contribution < 1.29 is 13.2 Å². The zero-order valence-corrected chi connectivity index (χ0v) is 16.3. The topological polar surface area (TPSA) is 97.2 Å². The summed E-state index contributed by atoms with van der Waals surface area (Å²) in [4.78, 5) is 12.2. The highest BCUT2D eigenvalue weighted by Gasteiger charge is 2.18. The molecule has 2 aromatic carbocycles. The van der Waals surface area contributed by atoms with Gasteiger partial charge in [-0.3, -0.25) is 4.79 Å². The number of benzene rings is 2. The Balaban J connectivity index is 1.70. The van der Waals surface area contributed by atoms with Crippen LogP contribution in [-0.2, 0) is 21.4 Å². The van der Waals surface area contributed by atoms with Crippen molar-refractivity contribution in [2.24, 2.45) is 0 Å². The summed E-state index contributed by atoms with van der Waals surface area (Å²) in [6.45, 7) is 0.315. The van der Waals surface area contributed by atoms with Gasteiger partial charge in [0.1, 0.15) is 5.52 Å². The molecule has 0 atom stereocenters. The molecule has 0 saturated carbocycles. The number of carbonyl (C=O) groups is 1. The average molecular weight is 408 g/mol. The summed E-state index contributed by atoms with van der Waals surface area (Å²) in [5, 5.41) is 11.4. The van der Waals surface area contributed by atoms with E-state index in [1.807, 2.05) is 0 Å². The fraction of sp³-hybridized carbons (Fsp3) is 0.235. The number of fused-ring (bicyclic) bond motifs is 1. The van der Waals surface area contributed by atoms with Crippen LogP contribution in [0.15, 0.2) is 47.4 Å². The summed E-state index contributed by atoms with van der Waals surface area (Å²) >= 11 is 5.82. The zero-order chi connectivity index (χ0) is 19.6. The Kier molecular flexibility index (Phi) is 5.45. The molecule has 0 radical (unpaired) electrons. The van der Waals surface area contributed by atoms with Gasteiger partial charge in [0.2, 0.25) is 15.9 Å². The van der Waals surface area contributed by atoms with Gasteiger partial charge in [-0.2, -0.15) is 0 Å². The summed E-state index contributed by atoms with van der Waals surface area (Å²) < 4.78 is 27.1. The van der Waals surface area contributed by atoms with Crippen LogP contribution in [0.2, 0.25) is 5.02 Å². The average Bonchev–Trinajstić information content (AvgIpc) is 3.04. The maximum atomic E-state index is 12.2. The Morgan fingerprint density at radius 3 is 2.56 bits per heavy atom. The molecular formula is C17H18ClN5O3S. The number of hydrogen-bond acceptors (Lipinski definition) is 5. The molecule has 0 aliphatic rings. The number of amides is 1. The second-order valence-electron chi connectivity index (χ2n) is 6.06. The number of nitrogens with one attached hydrogen (secondary N) is 1. The van der Waals surface area contributed by atoms with E-state index in [0.717, 1.165) is 4.31 Å². The number of nitrogens with zero attached hydrogens (tertiary/aromatic N) is 4. The lowest BCUT2D eigenvalue weighted by Crippen LogP contribution is -2.22. The lowest BCUT2D eigenvalue weighted by Gasteiger charge is -2.11. The van der Waals surface area contributed by atoms with E-state index < -0.39 is 10.0 Å². The number of aryl methyl sites for hydroxylation is 1. The fourth-order valence-electron chi connectivity index (χ4n) is 2.45. The molecule has 0 aliphatic carbocycles. The van der Waals surface area contributed by atoms with Crippen molar-refractivity contribution in [3.05, 3.63) is 47.5 Å². The standard InChI is InChI=1S/C17H18ClN5O3S/c1-22(2)27(25,26)14-7-8-16-15(11-14)20-21-23(16)10-9-17(24)19-13-5-3-12(18)4-6-13/h3-8,11H,9-10H2,1-2H3,(H,19,24). The summed E-state index contributed by atoms with van der Waals surface area (Å²) in [5.41, 5.74) is 1.77. The molecule has 3 aromatic rings. The van der Waals surface area contributed by atoms with Crippen molar-refractivity contribution in [1.82, 2.24) is 19.3 Å². The molecule has 142 valence electrons. The maximum Gasteiger partial charge on any atom is 0.242 e. The Hall–Kier alpha value is -2.49. The molecule has 1 aromatic heterocycles. The number of sulfonamides is 1. The van der Waals surface area contributed by atoms with Gasteiger partial charge in [-0.1, -0.05) is 16.8 Å². The molecule has 0 saturated heterocycles. The van der Waals surface area contributed by atoms with Gasteiger partial charge in [-0.25, -0.2) is 17.4 Å². The van der Waals surface area contributed by atoms with Crippen molar-refractivity contribution in [1.29, 1.82) is 0 Å². The maximum absolute atomic E-state index is 12.2. The lowest BCUT2D eigenvalue weighted by molar-refractivity contribution is -0.116. The van der Waals surface area contributed by atoms with E-state index in [0.29, 0.717) is 28.3 Å². The smallest absolute Gasteiger partial charge is 0.242 e. The van der Waals surface area contributed by atoms with Gasteiger partial charge in [-0.15, -0.1) is 5.10 Å². The first kappa shape index (κ1) is 19.3. The largest absolute Gasteiger partial charge is 0.326 e. The molecule has 0 aliphatic heterocycles. The molecule has 1 heterocycles. The Morgan fingerprint density at radius 1 is 1.19 bits per heavy atom. The van der Waals surface area contributed by atoms with Gasteiger partial charge in [0.05, 0.1) is 17.0 Å². The predicted octanol–water partition coefficient (Wildman–Crippen LogP) is 2.36. The lowest BCUT2D eigenvalue weighted by atomic mass is 10.3. The molecule has 0 unspecified atom stereocenters. The number of rotatable bonds is 6. The van der Waals surface area contributed by atoms with E-state index in [9.17, 15) is 13.2 Å². The van der Waals surface area contributed by atoms with Crippen LogP contribution in [0, 0.1) is 0 Å². The van der Waals surface area contributed by atoms with Crippen molar-refractivity contribution in [3.63, 3.8) is 0 Å². The van der Waals surface area contributed by atoms with Crippen LogP contribution in [0.25, 0.3) is 11.0 Å². The molecule has 3 rings (SSSR count). The first-order chi connectivity index (χ1) is 12.8. The summed E-state index contributed by atoms with van der Waals surface area (Å²) in [6.07, 6.45) is 0.193. The summed E-state index contributed by atoms with van der Waals surface area (Å²) in [5.74, 6) is -0.173. The number of hydrogen-bond donors (Lipinski definition) is 1. The van der Waals surface area contributed by atoms with Crippen molar-refractivity contribution >= 4 is 44.3 Å². The molecule has 0 bridgehead atoms. The van der Waals surface area contributed by atoms with E-state index in [1.165, 1.54) is 26.2 Å². The van der Waals surface area contributed by atoms with Crippen molar-refractivity contribution in [3.8, 4) is 0 Å². The highest BCUT2D eigenvalue weighted by molar-refractivity contribution is 7.89. The number of anilines is 1. The normalized spacial score (nSPS) is 11.9. The monoisotopic (exact) mass is 407 g/mol. The quantitative estimate of drug-likeness (QED) is 0.676. The van der Waals surface area contributed by atoms with Crippen LogP contribution in [0.3, 0.4) is 0 Å². The number of carbonyl (C=O) groups excluding carboxylic acids is 1. The third kappa shape index (κ3) is 4.26. The first-order valence-electron chi connectivity index (χ1n) is 8.08. The third-order valence-electron chi connectivity index (χ3n) is 3.94. The molecular weight excluding hydrogens is 390 g/mol. The highest BCUT2D eigenvalue weighted by Crippen LogP contribution is 2.19. The molecule has 0 spiro atoms. The Morgan fingerprint density at radius 2 is 1.89 bits per heavy atom. The number of aromatic nitrogens is 3. The molecule has 27 heavy (non-hydrogen) atoms. The van der Waals surface area contributed by atoms with E-state index >= 15 is 0 Å². The first-order valence-corrected chi connectivity index (χ1v) is 9.90. The predicted molar refractivity (Wildman–Crippen MR) is 103 cm³/mol. The Bertz CT molecular complexity index is 1080. The van der Waals surface area contributed by atoms with Gasteiger partial charge in [0.25, 0.3) is 0 Å². The highest BCUT2D eigenvalue weighted by atomic mass is 35.5. The molecule has 1 amide bonds. The van der Waals surface area contributed by atoms with E-state index in [1.54, 1.807) is 35.0 Å². The van der Waals surface area contributed by atoms with Gasteiger partial charge >= 0.3 is 0 Å². The zero-order valence-electron chi connectivity index (χ0n) is 14.8. The van der Waals surface area contributed by atoms with Crippen molar-refractivity contribution in [2.75, 3.05) is 19.4 Å². The van der Waals surface area contributed by atoms with Crippen LogP contribution in [0.1, 0.15) is 6.42 Å². The van der Waals surface area contributed by atoms with Gasteiger partial charge < -0.3 is 5.32 Å². The van der Waals surface area contributed by atoms with Crippen LogP contribution < -0.4 is 5.32 Å². The Labute approximate surface area is 161 Å². The van der Waals surface area contributed by atoms with Crippen LogP contribution in [0.4, 0.5) is 5.69 Å². The van der Waals surface area contributed by atoms with Crippen LogP contribution >= 0.6 is 11.6 Å². The van der Waals surface area contributed by atoms with Gasteiger partial charge in [0, 0.05) is 31.2 Å². The minimum absolute atomic E-state index is 0.146. The van der Waals surface area contributed by atoms with Crippen molar-refractivity contribution in [2.45, 2.75) is 17.9 Å². The van der Waals surface area contributed by atoms with E-state index in [4.69, 9.17) is 11.6 Å². The molecule has 8 nitrogen and oxygen atoms in total. The second-order valence-corrected chi connectivity index (χ2v) is 8.64. The van der Waals surface area contributed by atoms with Gasteiger partial charge in [0.15, 0.2) is 0 Å². The SMILES string of the molecule is CN(C)S(=O)(=O)c1ccc2c(c1)nnn2CCC(=O)Nc1ccc(Cl)cc1. The third-order valence-corrected chi connectivity index (χ3v) is 6.01.